The summed E-state index contributed by atoms with van der Waals surface area (Å²) in [4.78, 5) is 42.3. The number of unbranched alkanes of at least 4 members (excludes halogenated alkanes) is 20. The second-order valence-electron chi connectivity index (χ2n) is 11.2. The van der Waals surface area contributed by atoms with Gasteiger partial charge in [0.2, 0.25) is 0 Å². The van der Waals surface area contributed by atoms with E-state index in [1.165, 1.54) is 89.9 Å². The van der Waals surface area contributed by atoms with E-state index in [0.717, 1.165) is 44.9 Å². The minimum absolute atomic E-state index is 0.214. The molecule has 41 heavy (non-hydrogen) atoms. The van der Waals surface area contributed by atoms with Gasteiger partial charge in [-0.3, -0.25) is 14.1 Å². The fraction of sp³-hybridized carbons (Fsp3) is 0.875. The van der Waals surface area contributed by atoms with E-state index in [-0.39, 0.29) is 19.4 Å². The van der Waals surface area contributed by atoms with Gasteiger partial charge in [0, 0.05) is 12.8 Å². The van der Waals surface area contributed by atoms with Crippen LogP contribution in [-0.4, -0.2) is 41.0 Å². The van der Waals surface area contributed by atoms with Crippen LogP contribution in [-0.2, 0) is 28.2 Å². The van der Waals surface area contributed by atoms with Gasteiger partial charge in [-0.1, -0.05) is 129 Å². The molecule has 0 radical (unpaired) electrons. The fourth-order valence-corrected chi connectivity index (χ4v) is 5.07. The van der Waals surface area contributed by atoms with Gasteiger partial charge in [0.1, 0.15) is 6.61 Å². The summed E-state index contributed by atoms with van der Waals surface area (Å²) in [7, 11) is -4.73. The Balaban J connectivity index is 3.93. The topological polar surface area (TPSA) is 119 Å². The van der Waals surface area contributed by atoms with Crippen LogP contribution < -0.4 is 0 Å². The maximum atomic E-state index is 12.2. The second-order valence-corrected chi connectivity index (χ2v) is 12.5. The molecule has 242 valence electrons. The summed E-state index contributed by atoms with van der Waals surface area (Å²) in [5, 5.41) is 0. The van der Waals surface area contributed by atoms with Crippen molar-refractivity contribution in [2.24, 2.45) is 0 Å². The third-order valence-electron chi connectivity index (χ3n) is 7.18. The van der Waals surface area contributed by atoms with Crippen LogP contribution >= 0.6 is 7.82 Å². The van der Waals surface area contributed by atoms with Crippen LogP contribution in [0, 0.1) is 0 Å². The minimum Gasteiger partial charge on any atom is -0.462 e. The van der Waals surface area contributed by atoms with Crippen molar-refractivity contribution in [1.29, 1.82) is 0 Å². The van der Waals surface area contributed by atoms with Crippen molar-refractivity contribution in [3.05, 3.63) is 12.7 Å². The summed E-state index contributed by atoms with van der Waals surface area (Å²) in [6.45, 7) is 5.13. The Hall–Kier alpha value is -1.21. The van der Waals surface area contributed by atoms with Crippen molar-refractivity contribution in [3.63, 3.8) is 0 Å². The van der Waals surface area contributed by atoms with Crippen molar-refractivity contribution in [3.8, 4) is 0 Å². The number of hydrogen-bond donors (Lipinski definition) is 2. The molecular formula is C32H61O8P. The lowest BCUT2D eigenvalue weighted by Crippen LogP contribution is -2.29. The Labute approximate surface area is 250 Å². The van der Waals surface area contributed by atoms with E-state index in [1.54, 1.807) is 0 Å². The van der Waals surface area contributed by atoms with Crippen molar-refractivity contribution in [2.75, 3.05) is 13.2 Å². The van der Waals surface area contributed by atoms with E-state index in [1.807, 2.05) is 6.08 Å². The summed E-state index contributed by atoms with van der Waals surface area (Å²) in [6.07, 6.45) is 27.0. The molecule has 0 heterocycles. The molecule has 2 N–H and O–H groups in total. The van der Waals surface area contributed by atoms with Crippen molar-refractivity contribution >= 4 is 19.8 Å². The molecule has 0 aliphatic rings. The predicted molar refractivity (Wildman–Crippen MR) is 166 cm³/mol. The zero-order valence-electron chi connectivity index (χ0n) is 26.0. The lowest BCUT2D eigenvalue weighted by molar-refractivity contribution is -0.161. The molecule has 0 amide bonds. The highest BCUT2D eigenvalue weighted by Gasteiger charge is 2.22. The average Bonchev–Trinajstić information content (AvgIpc) is 2.93. The normalized spacial score (nSPS) is 12.3. The molecule has 0 bridgehead atoms. The van der Waals surface area contributed by atoms with Crippen LogP contribution in [0.2, 0.25) is 0 Å². The van der Waals surface area contributed by atoms with E-state index < -0.39 is 32.5 Å². The first kappa shape index (κ1) is 39.8. The van der Waals surface area contributed by atoms with Gasteiger partial charge in [-0.25, -0.2) is 4.57 Å². The van der Waals surface area contributed by atoms with Crippen molar-refractivity contribution in [1.82, 2.24) is 0 Å². The van der Waals surface area contributed by atoms with Crippen LogP contribution in [0.1, 0.15) is 161 Å². The molecule has 0 aromatic heterocycles. The van der Waals surface area contributed by atoms with E-state index in [2.05, 4.69) is 18.0 Å². The molecule has 0 rings (SSSR count). The quantitative estimate of drug-likeness (QED) is 0.0348. The number of allylic oxidation sites excluding steroid dienone is 1. The first-order valence-corrected chi connectivity index (χ1v) is 18.0. The van der Waals surface area contributed by atoms with Gasteiger partial charge in [-0.05, 0) is 25.7 Å². The largest absolute Gasteiger partial charge is 0.469 e. The maximum absolute atomic E-state index is 12.2. The fourth-order valence-electron chi connectivity index (χ4n) is 4.71. The van der Waals surface area contributed by atoms with E-state index in [9.17, 15) is 14.2 Å². The summed E-state index contributed by atoms with van der Waals surface area (Å²) in [5.74, 6) is -0.889. The minimum atomic E-state index is -4.73. The zero-order chi connectivity index (χ0) is 30.4. The summed E-state index contributed by atoms with van der Waals surface area (Å²) < 4.78 is 26.1. The molecule has 0 saturated heterocycles. The van der Waals surface area contributed by atoms with E-state index in [4.69, 9.17) is 19.3 Å². The van der Waals surface area contributed by atoms with Gasteiger partial charge in [0.25, 0.3) is 0 Å². The molecule has 0 unspecified atom stereocenters. The Morgan fingerprint density at radius 3 is 1.51 bits per heavy atom. The van der Waals surface area contributed by atoms with Crippen LogP contribution in [0.15, 0.2) is 12.7 Å². The van der Waals surface area contributed by atoms with Crippen LogP contribution in [0.25, 0.3) is 0 Å². The van der Waals surface area contributed by atoms with E-state index >= 15 is 0 Å². The third kappa shape index (κ3) is 31.6. The molecule has 0 aromatic carbocycles. The summed E-state index contributed by atoms with van der Waals surface area (Å²) >= 11 is 0. The average molecular weight is 605 g/mol. The van der Waals surface area contributed by atoms with Gasteiger partial charge in [0.05, 0.1) is 6.61 Å². The van der Waals surface area contributed by atoms with Crippen molar-refractivity contribution < 1.29 is 37.9 Å². The highest BCUT2D eigenvalue weighted by molar-refractivity contribution is 7.46. The molecule has 0 spiro atoms. The molecular weight excluding hydrogens is 543 g/mol. The number of carbonyl (C=O) groups is 2. The Morgan fingerprint density at radius 2 is 1.07 bits per heavy atom. The Bertz CT molecular complexity index is 679. The second kappa shape index (κ2) is 28.9. The monoisotopic (exact) mass is 604 g/mol. The summed E-state index contributed by atoms with van der Waals surface area (Å²) in [6, 6.07) is 0. The molecule has 0 aliphatic heterocycles. The highest BCUT2D eigenvalue weighted by atomic mass is 31.2. The molecule has 1 atom stereocenters. The van der Waals surface area contributed by atoms with Gasteiger partial charge in [-0.2, -0.15) is 0 Å². The molecule has 0 aliphatic carbocycles. The lowest BCUT2D eigenvalue weighted by atomic mass is 10.0. The maximum Gasteiger partial charge on any atom is 0.469 e. The molecule has 8 nitrogen and oxygen atoms in total. The third-order valence-corrected chi connectivity index (χ3v) is 7.67. The van der Waals surface area contributed by atoms with Crippen LogP contribution in [0.5, 0.6) is 0 Å². The first-order valence-electron chi connectivity index (χ1n) is 16.4. The number of phosphoric acid groups is 1. The van der Waals surface area contributed by atoms with Gasteiger partial charge in [0.15, 0.2) is 6.10 Å². The molecule has 0 fully saturated rings. The summed E-state index contributed by atoms with van der Waals surface area (Å²) in [5.41, 5.74) is 0. The molecule has 0 aromatic rings. The number of hydrogen-bond acceptors (Lipinski definition) is 6. The van der Waals surface area contributed by atoms with Gasteiger partial charge in [-0.15, -0.1) is 6.58 Å². The molecule has 9 heteroatoms. The number of ether oxygens (including phenoxy) is 2. The van der Waals surface area contributed by atoms with Gasteiger partial charge < -0.3 is 19.3 Å². The predicted octanol–water partition coefficient (Wildman–Crippen LogP) is 9.12. The smallest absolute Gasteiger partial charge is 0.462 e. The van der Waals surface area contributed by atoms with Gasteiger partial charge >= 0.3 is 19.8 Å². The Kier molecular flexibility index (Phi) is 28.0. The standard InChI is InChI=1S/C32H61O8P/c1-3-5-7-9-11-13-14-15-16-17-18-19-21-22-24-26-31(33)38-28-30(29-39-41(35,36)37)40-32(34)27-25-23-20-12-10-8-6-4-2/h3,30H,1,4-29H2,2H3,(H2,35,36,37)/t30-/m1/s1. The lowest BCUT2D eigenvalue weighted by Gasteiger charge is -2.18. The zero-order valence-corrected chi connectivity index (χ0v) is 26.9. The molecule has 0 saturated carbocycles. The highest BCUT2D eigenvalue weighted by Crippen LogP contribution is 2.36. The number of phosphoric ester groups is 1. The Morgan fingerprint density at radius 1 is 0.659 bits per heavy atom. The van der Waals surface area contributed by atoms with Crippen molar-refractivity contribution in [2.45, 2.75) is 167 Å². The van der Waals surface area contributed by atoms with E-state index in [0.29, 0.717) is 6.42 Å². The SMILES string of the molecule is C=CCCCCCCCCCCCCCCCC(=O)OC[C@H](COP(=O)(O)O)OC(=O)CCCCCCCCCC. The first-order chi connectivity index (χ1) is 19.8. The number of esters is 2. The van der Waals surface area contributed by atoms with Crippen LogP contribution in [0.4, 0.5) is 0 Å². The number of carbonyl (C=O) groups excluding carboxylic acids is 2. The van der Waals surface area contributed by atoms with Crippen LogP contribution in [0.3, 0.4) is 0 Å². The number of rotatable bonds is 31.